The summed E-state index contributed by atoms with van der Waals surface area (Å²) in [6, 6.07) is 19.2. The second-order valence-corrected chi connectivity index (χ2v) is 6.79. The fourth-order valence-corrected chi connectivity index (χ4v) is 3.11. The summed E-state index contributed by atoms with van der Waals surface area (Å²) in [5.74, 6) is 2.47. The van der Waals surface area contributed by atoms with Crippen molar-refractivity contribution >= 4 is 23.4 Å². The fourth-order valence-electron chi connectivity index (χ4n) is 2.32. The van der Waals surface area contributed by atoms with E-state index in [1.54, 1.807) is 24.2 Å². The lowest BCUT2D eigenvalue weighted by Crippen LogP contribution is -2.14. The number of pyridine rings is 1. The van der Waals surface area contributed by atoms with Crippen LogP contribution < -0.4 is 10.1 Å². The number of amides is 1. The van der Waals surface area contributed by atoms with Crippen LogP contribution in [0.3, 0.4) is 0 Å². The van der Waals surface area contributed by atoms with Crippen molar-refractivity contribution in [3.8, 4) is 11.5 Å². The minimum atomic E-state index is -0.0518. The number of carbonyl (C=O) groups is 1. The Morgan fingerprint density at radius 1 is 1.04 bits per heavy atom. The number of aromatic nitrogens is 1. The van der Waals surface area contributed by atoms with Crippen molar-refractivity contribution in [3.05, 3.63) is 84.2 Å². The van der Waals surface area contributed by atoms with Crippen LogP contribution in [0, 0.1) is 6.92 Å². The van der Waals surface area contributed by atoms with Gasteiger partial charge in [0.2, 0.25) is 5.91 Å². The summed E-state index contributed by atoms with van der Waals surface area (Å²) < 4.78 is 5.91. The Bertz CT molecular complexity index is 851. The maximum Gasteiger partial charge on any atom is 0.234 e. The van der Waals surface area contributed by atoms with E-state index < -0.39 is 0 Å². The van der Waals surface area contributed by atoms with Gasteiger partial charge in [0.1, 0.15) is 5.75 Å². The van der Waals surface area contributed by atoms with Crippen molar-refractivity contribution in [2.24, 2.45) is 0 Å². The third-order valence-electron chi connectivity index (χ3n) is 3.66. The first-order chi connectivity index (χ1) is 12.7. The number of nitrogens with one attached hydrogen (secondary N) is 1. The van der Waals surface area contributed by atoms with Gasteiger partial charge in [0.15, 0.2) is 5.75 Å². The molecular formula is C21H20N2O2S. The van der Waals surface area contributed by atoms with Crippen LogP contribution in [0.1, 0.15) is 11.1 Å². The normalized spacial score (nSPS) is 10.3. The molecule has 0 saturated carbocycles. The second kappa shape index (κ2) is 9.06. The maximum atomic E-state index is 12.3. The Morgan fingerprint density at radius 3 is 2.54 bits per heavy atom. The molecule has 4 nitrogen and oxygen atoms in total. The quantitative estimate of drug-likeness (QED) is 0.637. The molecule has 132 valence electrons. The smallest absolute Gasteiger partial charge is 0.234 e. The topological polar surface area (TPSA) is 51.2 Å². The van der Waals surface area contributed by atoms with Gasteiger partial charge in [0.25, 0.3) is 0 Å². The fraction of sp³-hybridized carbons (Fsp3) is 0.143. The molecule has 0 radical (unpaired) electrons. The van der Waals surface area contributed by atoms with Crippen molar-refractivity contribution in [2.45, 2.75) is 12.7 Å². The number of thioether (sulfide) groups is 1. The maximum absolute atomic E-state index is 12.3. The van der Waals surface area contributed by atoms with E-state index in [1.807, 2.05) is 67.6 Å². The van der Waals surface area contributed by atoms with Gasteiger partial charge in [0.05, 0.1) is 11.4 Å². The Balaban J connectivity index is 1.57. The molecule has 0 aliphatic heterocycles. The van der Waals surface area contributed by atoms with Gasteiger partial charge in [-0.15, -0.1) is 11.8 Å². The van der Waals surface area contributed by atoms with E-state index in [2.05, 4.69) is 10.3 Å². The zero-order valence-corrected chi connectivity index (χ0v) is 15.3. The van der Waals surface area contributed by atoms with Gasteiger partial charge in [-0.3, -0.25) is 9.78 Å². The highest BCUT2D eigenvalue weighted by Gasteiger charge is 2.09. The average Bonchev–Trinajstić information content (AvgIpc) is 2.66. The number of rotatable bonds is 7. The summed E-state index contributed by atoms with van der Waals surface area (Å²) in [6.45, 7) is 2.03. The van der Waals surface area contributed by atoms with Crippen molar-refractivity contribution in [1.29, 1.82) is 0 Å². The first-order valence-electron chi connectivity index (χ1n) is 8.31. The molecule has 5 heteroatoms. The second-order valence-electron chi connectivity index (χ2n) is 5.81. The van der Waals surface area contributed by atoms with Crippen LogP contribution in [0.4, 0.5) is 5.69 Å². The van der Waals surface area contributed by atoms with E-state index in [9.17, 15) is 4.79 Å². The van der Waals surface area contributed by atoms with E-state index in [0.717, 1.165) is 17.1 Å². The molecule has 0 aliphatic rings. The molecule has 0 fully saturated rings. The molecule has 0 bridgehead atoms. The van der Waals surface area contributed by atoms with Gasteiger partial charge in [-0.1, -0.05) is 29.8 Å². The molecule has 0 aliphatic carbocycles. The molecule has 0 spiro atoms. The number of carbonyl (C=O) groups excluding carboxylic acids is 1. The predicted molar refractivity (Wildman–Crippen MR) is 107 cm³/mol. The van der Waals surface area contributed by atoms with E-state index >= 15 is 0 Å². The van der Waals surface area contributed by atoms with E-state index in [0.29, 0.717) is 17.2 Å². The molecule has 1 N–H and O–H groups in total. The lowest BCUT2D eigenvalue weighted by Gasteiger charge is -2.12. The summed E-state index contributed by atoms with van der Waals surface area (Å²) in [5.41, 5.74) is 2.99. The van der Waals surface area contributed by atoms with Crippen LogP contribution in [0.5, 0.6) is 11.5 Å². The first kappa shape index (κ1) is 18.0. The van der Waals surface area contributed by atoms with Crippen LogP contribution in [-0.4, -0.2) is 16.6 Å². The molecule has 0 atom stereocenters. The first-order valence-corrected chi connectivity index (χ1v) is 9.46. The van der Waals surface area contributed by atoms with Crippen LogP contribution in [-0.2, 0) is 10.5 Å². The lowest BCUT2D eigenvalue weighted by atomic mass is 10.2. The lowest BCUT2D eigenvalue weighted by molar-refractivity contribution is -0.113. The number of hydrogen-bond acceptors (Lipinski definition) is 4. The largest absolute Gasteiger partial charge is 0.455 e. The molecule has 1 heterocycles. The number of para-hydroxylation sites is 2. The van der Waals surface area contributed by atoms with Gasteiger partial charge in [0, 0.05) is 18.1 Å². The minimum Gasteiger partial charge on any atom is -0.455 e. The van der Waals surface area contributed by atoms with Crippen LogP contribution >= 0.6 is 11.8 Å². The number of nitrogens with zero attached hydrogens (tertiary/aromatic N) is 1. The van der Waals surface area contributed by atoms with Crippen molar-refractivity contribution < 1.29 is 9.53 Å². The Hall–Kier alpha value is -2.79. The average molecular weight is 364 g/mol. The Morgan fingerprint density at radius 2 is 1.77 bits per heavy atom. The van der Waals surface area contributed by atoms with E-state index in [-0.39, 0.29) is 5.91 Å². The molecule has 1 amide bonds. The van der Waals surface area contributed by atoms with Gasteiger partial charge >= 0.3 is 0 Å². The van der Waals surface area contributed by atoms with Gasteiger partial charge in [-0.25, -0.2) is 0 Å². The molecule has 2 aromatic carbocycles. The summed E-state index contributed by atoms with van der Waals surface area (Å²) in [4.78, 5) is 16.2. The van der Waals surface area contributed by atoms with Crippen molar-refractivity contribution in [1.82, 2.24) is 4.98 Å². The van der Waals surface area contributed by atoms with Crippen LogP contribution in [0.25, 0.3) is 0 Å². The van der Waals surface area contributed by atoms with Gasteiger partial charge in [-0.2, -0.15) is 0 Å². The SMILES string of the molecule is Cc1ccc(Oc2ccccc2NC(=O)CSCc2ccncc2)cc1. The van der Waals surface area contributed by atoms with E-state index in [4.69, 9.17) is 4.74 Å². The third kappa shape index (κ3) is 5.36. The highest BCUT2D eigenvalue weighted by molar-refractivity contribution is 7.99. The number of hydrogen-bond donors (Lipinski definition) is 1. The molecule has 0 unspecified atom stereocenters. The van der Waals surface area contributed by atoms with Crippen LogP contribution in [0.15, 0.2) is 73.1 Å². The summed E-state index contributed by atoms with van der Waals surface area (Å²) in [7, 11) is 0. The molecule has 3 rings (SSSR count). The molecule has 0 saturated heterocycles. The Kier molecular flexibility index (Phi) is 6.28. The molecular weight excluding hydrogens is 344 g/mol. The highest BCUT2D eigenvalue weighted by Crippen LogP contribution is 2.29. The van der Waals surface area contributed by atoms with Gasteiger partial charge < -0.3 is 10.1 Å². The zero-order chi connectivity index (χ0) is 18.2. The third-order valence-corrected chi connectivity index (χ3v) is 4.66. The zero-order valence-electron chi connectivity index (χ0n) is 14.5. The van der Waals surface area contributed by atoms with Crippen molar-refractivity contribution in [2.75, 3.05) is 11.1 Å². The monoisotopic (exact) mass is 364 g/mol. The Labute approximate surface area is 157 Å². The van der Waals surface area contributed by atoms with E-state index in [1.165, 1.54) is 5.56 Å². The molecule has 1 aromatic heterocycles. The molecule has 26 heavy (non-hydrogen) atoms. The number of anilines is 1. The number of benzene rings is 2. The van der Waals surface area contributed by atoms with Crippen LogP contribution in [0.2, 0.25) is 0 Å². The number of aryl methyl sites for hydroxylation is 1. The number of ether oxygens (including phenoxy) is 1. The van der Waals surface area contributed by atoms with Gasteiger partial charge in [-0.05, 0) is 48.9 Å². The summed E-state index contributed by atoms with van der Waals surface area (Å²) >= 11 is 1.56. The predicted octanol–water partition coefficient (Wildman–Crippen LogP) is 5.05. The summed E-state index contributed by atoms with van der Waals surface area (Å²) in [6.07, 6.45) is 3.52. The summed E-state index contributed by atoms with van der Waals surface area (Å²) in [5, 5.41) is 2.93. The minimum absolute atomic E-state index is 0.0518. The highest BCUT2D eigenvalue weighted by atomic mass is 32.2. The standard InChI is InChI=1S/C21H20N2O2S/c1-16-6-8-18(9-7-16)25-20-5-3-2-4-19(20)23-21(24)15-26-14-17-10-12-22-13-11-17/h2-13H,14-15H2,1H3,(H,23,24). The van der Waals surface area contributed by atoms with Crippen molar-refractivity contribution in [3.63, 3.8) is 0 Å². The molecule has 3 aromatic rings.